The Morgan fingerprint density at radius 3 is 2.33 bits per heavy atom. The Kier molecular flexibility index (Phi) is 4.99. The topological polar surface area (TPSA) is 21.3 Å². The van der Waals surface area contributed by atoms with Crippen LogP contribution in [0.4, 0.5) is 8.78 Å². The van der Waals surface area contributed by atoms with Crippen LogP contribution in [0.1, 0.15) is 44.9 Å². The van der Waals surface area contributed by atoms with E-state index in [0.29, 0.717) is 17.7 Å². The van der Waals surface area contributed by atoms with Crippen LogP contribution in [0.5, 0.6) is 0 Å². The molecule has 1 aliphatic rings. The Morgan fingerprint density at radius 2 is 1.81 bits per heavy atom. The quantitative estimate of drug-likeness (QED) is 0.907. The molecule has 1 heterocycles. The van der Waals surface area contributed by atoms with Crippen molar-refractivity contribution in [2.45, 2.75) is 52.9 Å². The molecule has 2 rings (SSSR count). The lowest BCUT2D eigenvalue weighted by Crippen LogP contribution is -2.35. The zero-order valence-electron chi connectivity index (χ0n) is 13.4. The molecule has 1 fully saturated rings. The highest BCUT2D eigenvalue weighted by molar-refractivity contribution is 5.29. The Balaban J connectivity index is 2.42. The van der Waals surface area contributed by atoms with E-state index in [4.69, 9.17) is 4.74 Å². The van der Waals surface area contributed by atoms with E-state index in [9.17, 15) is 8.78 Å². The summed E-state index contributed by atoms with van der Waals surface area (Å²) in [6.45, 7) is 10.4. The number of halogens is 2. The maximum absolute atomic E-state index is 14.4. The number of rotatable bonds is 4. The van der Waals surface area contributed by atoms with Crippen molar-refractivity contribution in [2.24, 2.45) is 11.8 Å². The molecule has 5 atom stereocenters. The first-order valence-electron chi connectivity index (χ1n) is 7.71. The van der Waals surface area contributed by atoms with Crippen molar-refractivity contribution in [2.75, 3.05) is 6.54 Å². The first-order chi connectivity index (χ1) is 9.86. The van der Waals surface area contributed by atoms with Gasteiger partial charge in [0.15, 0.2) is 0 Å². The summed E-state index contributed by atoms with van der Waals surface area (Å²) >= 11 is 0. The van der Waals surface area contributed by atoms with Gasteiger partial charge in [0.25, 0.3) is 0 Å². The van der Waals surface area contributed by atoms with Gasteiger partial charge >= 0.3 is 0 Å². The van der Waals surface area contributed by atoms with Crippen molar-refractivity contribution in [3.63, 3.8) is 0 Å². The van der Waals surface area contributed by atoms with Gasteiger partial charge in [0, 0.05) is 17.5 Å². The molecule has 0 aromatic heterocycles. The van der Waals surface area contributed by atoms with Crippen LogP contribution >= 0.6 is 0 Å². The van der Waals surface area contributed by atoms with Crippen LogP contribution < -0.4 is 5.32 Å². The lowest BCUT2D eigenvalue weighted by molar-refractivity contribution is 0.0474. The summed E-state index contributed by atoms with van der Waals surface area (Å²) in [6, 6.07) is 2.38. The Bertz CT molecular complexity index is 506. The molecule has 2 nitrogen and oxygen atoms in total. The van der Waals surface area contributed by atoms with Crippen molar-refractivity contribution >= 4 is 0 Å². The monoisotopic (exact) mass is 297 g/mol. The maximum Gasteiger partial charge on any atom is 0.128 e. The molecule has 0 amide bonds. The number of benzene rings is 1. The molecule has 4 heteroatoms. The molecule has 5 unspecified atom stereocenters. The van der Waals surface area contributed by atoms with Crippen LogP contribution in [0, 0.1) is 30.4 Å². The third kappa shape index (κ3) is 3.11. The summed E-state index contributed by atoms with van der Waals surface area (Å²) in [5.41, 5.74) is 0.741. The Hall–Kier alpha value is -1.00. The number of hydrogen-bond acceptors (Lipinski definition) is 2. The second-order valence-electron chi connectivity index (χ2n) is 6.14. The molecular formula is C17H25F2NO. The van der Waals surface area contributed by atoms with Gasteiger partial charge in [-0.05, 0) is 50.9 Å². The van der Waals surface area contributed by atoms with E-state index in [1.54, 1.807) is 6.92 Å². The fourth-order valence-corrected chi connectivity index (χ4v) is 3.44. The highest BCUT2D eigenvalue weighted by Gasteiger charge is 2.42. The smallest absolute Gasteiger partial charge is 0.128 e. The van der Waals surface area contributed by atoms with E-state index in [2.05, 4.69) is 12.2 Å². The van der Waals surface area contributed by atoms with E-state index < -0.39 is 0 Å². The van der Waals surface area contributed by atoms with E-state index in [1.165, 1.54) is 12.1 Å². The van der Waals surface area contributed by atoms with Crippen molar-refractivity contribution in [3.8, 4) is 0 Å². The average Bonchev–Trinajstić information content (AvgIpc) is 2.66. The van der Waals surface area contributed by atoms with Gasteiger partial charge in [-0.25, -0.2) is 8.78 Å². The Labute approximate surface area is 125 Å². The molecule has 0 saturated carbocycles. The van der Waals surface area contributed by atoms with Crippen molar-refractivity contribution in [3.05, 3.63) is 34.9 Å². The standard InChI is InChI=1S/C17H25F2NO/c1-6-20-17(16-10(3)11(4)21-12(16)5)13-8-14(18)9(2)7-15(13)19/h7-8,10-12,16-17,20H,6H2,1-5H3. The van der Waals surface area contributed by atoms with Crippen LogP contribution in [0.15, 0.2) is 12.1 Å². The summed E-state index contributed by atoms with van der Waals surface area (Å²) in [4.78, 5) is 0. The van der Waals surface area contributed by atoms with Gasteiger partial charge in [-0.3, -0.25) is 0 Å². The molecule has 1 aromatic rings. The number of ether oxygens (including phenoxy) is 1. The molecule has 1 N–H and O–H groups in total. The van der Waals surface area contributed by atoms with Gasteiger partial charge in [-0.1, -0.05) is 13.8 Å². The molecule has 1 saturated heterocycles. The zero-order chi connectivity index (χ0) is 15.7. The highest BCUT2D eigenvalue weighted by atomic mass is 19.1. The molecule has 1 aliphatic heterocycles. The normalized spacial score (nSPS) is 30.6. The molecule has 0 bridgehead atoms. The van der Waals surface area contributed by atoms with E-state index in [-0.39, 0.29) is 41.7 Å². The third-order valence-electron chi connectivity index (χ3n) is 4.74. The third-order valence-corrected chi connectivity index (χ3v) is 4.74. The molecule has 0 aliphatic carbocycles. The van der Waals surface area contributed by atoms with E-state index in [1.807, 2.05) is 20.8 Å². The fourth-order valence-electron chi connectivity index (χ4n) is 3.44. The van der Waals surface area contributed by atoms with Crippen molar-refractivity contribution in [1.82, 2.24) is 5.32 Å². The molecular weight excluding hydrogens is 272 g/mol. The second-order valence-corrected chi connectivity index (χ2v) is 6.14. The minimum atomic E-state index is -0.360. The van der Waals surface area contributed by atoms with Crippen molar-refractivity contribution in [1.29, 1.82) is 0 Å². The maximum atomic E-state index is 14.4. The molecule has 1 aromatic carbocycles. The van der Waals surface area contributed by atoms with Crippen LogP contribution in [0.3, 0.4) is 0 Å². The predicted molar refractivity (Wildman–Crippen MR) is 80.2 cm³/mol. The van der Waals surface area contributed by atoms with Gasteiger partial charge in [0.1, 0.15) is 11.6 Å². The molecule has 21 heavy (non-hydrogen) atoms. The SMILES string of the molecule is CCNC(c1cc(F)c(C)cc1F)C1C(C)OC(C)C1C. The summed E-state index contributed by atoms with van der Waals surface area (Å²) in [5.74, 6) is -0.301. The molecule has 0 spiro atoms. The number of hydrogen-bond donors (Lipinski definition) is 1. The van der Waals surface area contributed by atoms with E-state index in [0.717, 1.165) is 0 Å². The second kappa shape index (κ2) is 6.41. The minimum absolute atomic E-state index is 0.0165. The number of aryl methyl sites for hydroxylation is 1. The summed E-state index contributed by atoms with van der Waals surface area (Å²) in [7, 11) is 0. The first-order valence-corrected chi connectivity index (χ1v) is 7.71. The largest absolute Gasteiger partial charge is 0.375 e. The molecule has 118 valence electrons. The van der Waals surface area contributed by atoms with Crippen LogP contribution in [-0.4, -0.2) is 18.8 Å². The molecule has 0 radical (unpaired) electrons. The Morgan fingerprint density at radius 1 is 1.14 bits per heavy atom. The fraction of sp³-hybridized carbons (Fsp3) is 0.647. The minimum Gasteiger partial charge on any atom is -0.375 e. The van der Waals surface area contributed by atoms with Gasteiger partial charge in [-0.2, -0.15) is 0 Å². The number of nitrogens with one attached hydrogen (secondary N) is 1. The van der Waals surface area contributed by atoms with E-state index >= 15 is 0 Å². The van der Waals surface area contributed by atoms with Gasteiger partial charge in [0.2, 0.25) is 0 Å². The van der Waals surface area contributed by atoms with Gasteiger partial charge < -0.3 is 10.1 Å². The zero-order valence-corrected chi connectivity index (χ0v) is 13.4. The predicted octanol–water partition coefficient (Wildman–Crippen LogP) is 3.98. The van der Waals surface area contributed by atoms with Gasteiger partial charge in [-0.15, -0.1) is 0 Å². The summed E-state index contributed by atoms with van der Waals surface area (Å²) < 4.78 is 34.1. The highest BCUT2D eigenvalue weighted by Crippen LogP contribution is 2.41. The first kappa shape index (κ1) is 16.4. The average molecular weight is 297 g/mol. The summed E-state index contributed by atoms with van der Waals surface area (Å²) in [6.07, 6.45) is 0.146. The van der Waals surface area contributed by atoms with Crippen LogP contribution in [0.25, 0.3) is 0 Å². The summed E-state index contributed by atoms with van der Waals surface area (Å²) in [5, 5.41) is 3.32. The van der Waals surface area contributed by atoms with Crippen molar-refractivity contribution < 1.29 is 13.5 Å². The van der Waals surface area contributed by atoms with Gasteiger partial charge in [0.05, 0.1) is 12.2 Å². The van der Waals surface area contributed by atoms with Crippen LogP contribution in [0.2, 0.25) is 0 Å². The lowest BCUT2D eigenvalue weighted by Gasteiger charge is -2.30. The van der Waals surface area contributed by atoms with Crippen LogP contribution in [-0.2, 0) is 4.74 Å². The lowest BCUT2D eigenvalue weighted by atomic mass is 9.80.